The van der Waals surface area contributed by atoms with Gasteiger partial charge in [0.25, 0.3) is 5.91 Å². The number of hydrogen-bond acceptors (Lipinski definition) is 4. The third-order valence-electron chi connectivity index (χ3n) is 5.24. The molecule has 0 saturated carbocycles. The lowest BCUT2D eigenvalue weighted by Gasteiger charge is -2.34. The number of sulfonamides is 1. The third-order valence-corrected chi connectivity index (χ3v) is 7.09. The molecule has 1 fully saturated rings. The number of carbonyl (C=O) groups is 1. The number of quaternary nitrogens is 1. The summed E-state index contributed by atoms with van der Waals surface area (Å²) in [5, 5.41) is 11.7. The van der Waals surface area contributed by atoms with Gasteiger partial charge in [0.2, 0.25) is 10.0 Å². The first kappa shape index (κ1) is 21.0. The number of benzene rings is 2. The predicted octanol–water partition coefficient (Wildman–Crippen LogP) is 0.616. The van der Waals surface area contributed by atoms with Crippen LogP contribution in [0.3, 0.4) is 0 Å². The monoisotopic (exact) mass is 413 g/mol. The summed E-state index contributed by atoms with van der Waals surface area (Å²) in [7, 11) is -3.37. The van der Waals surface area contributed by atoms with Gasteiger partial charge < -0.3 is 10.2 Å². The van der Waals surface area contributed by atoms with Gasteiger partial charge in [-0.05, 0) is 36.8 Å². The average molecular weight is 414 g/mol. The number of nitrogens with zero attached hydrogens (tertiary/aromatic N) is 2. The minimum absolute atomic E-state index is 0.00208. The molecule has 0 bridgehead atoms. The maximum Gasteiger partial charge on any atom is 0.282 e. The van der Waals surface area contributed by atoms with Crippen molar-refractivity contribution in [2.24, 2.45) is 0 Å². The van der Waals surface area contributed by atoms with Crippen LogP contribution in [0.4, 0.5) is 5.69 Å². The lowest BCUT2D eigenvalue weighted by Crippen LogP contribution is -3.19. The van der Waals surface area contributed by atoms with E-state index in [9.17, 15) is 13.2 Å². The zero-order valence-corrected chi connectivity index (χ0v) is 17.2. The smallest absolute Gasteiger partial charge is 0.282 e. The standard InChI is InChI=1S/C21H24N4O3S/c1-17(21(26)23-20-9-7-18(15-22)8-10-20)24-11-13-25(14-12-24)29(27,28)16-19-5-3-2-4-6-19/h2-10,17H,11-14,16H2,1H3,(H,23,26)/p+1/t17-/m1/s1. The van der Waals surface area contributed by atoms with Crippen molar-refractivity contribution in [3.05, 3.63) is 65.7 Å². The van der Waals surface area contributed by atoms with Gasteiger partial charge in [0.15, 0.2) is 6.04 Å². The van der Waals surface area contributed by atoms with E-state index in [0.717, 1.165) is 10.5 Å². The molecular formula is C21H25N4O3S+. The molecule has 0 unspecified atom stereocenters. The summed E-state index contributed by atoms with van der Waals surface area (Å²) in [6.07, 6.45) is 0. The van der Waals surface area contributed by atoms with E-state index in [4.69, 9.17) is 5.26 Å². The van der Waals surface area contributed by atoms with Gasteiger partial charge in [-0.1, -0.05) is 30.3 Å². The van der Waals surface area contributed by atoms with Crippen LogP contribution in [-0.2, 0) is 20.6 Å². The molecule has 29 heavy (non-hydrogen) atoms. The highest BCUT2D eigenvalue weighted by Crippen LogP contribution is 2.11. The minimum Gasteiger partial charge on any atom is -0.323 e. The molecule has 1 atom stereocenters. The maximum absolute atomic E-state index is 12.7. The second kappa shape index (κ2) is 9.18. The van der Waals surface area contributed by atoms with E-state index in [-0.39, 0.29) is 17.7 Å². The molecule has 0 aliphatic carbocycles. The predicted molar refractivity (Wildman–Crippen MR) is 111 cm³/mol. The number of nitriles is 1. The molecule has 7 nitrogen and oxygen atoms in total. The highest BCUT2D eigenvalue weighted by molar-refractivity contribution is 7.88. The van der Waals surface area contributed by atoms with E-state index >= 15 is 0 Å². The normalized spacial score (nSPS) is 16.7. The molecule has 0 aromatic heterocycles. The van der Waals surface area contributed by atoms with Crippen LogP contribution in [0.25, 0.3) is 0 Å². The molecule has 0 spiro atoms. The first-order valence-corrected chi connectivity index (χ1v) is 11.2. The van der Waals surface area contributed by atoms with Crippen LogP contribution in [0.15, 0.2) is 54.6 Å². The minimum atomic E-state index is -3.37. The largest absolute Gasteiger partial charge is 0.323 e. The van der Waals surface area contributed by atoms with Crippen molar-refractivity contribution in [2.75, 3.05) is 31.5 Å². The fourth-order valence-electron chi connectivity index (χ4n) is 3.42. The average Bonchev–Trinajstić information content (AvgIpc) is 2.74. The molecule has 2 aromatic carbocycles. The number of amides is 1. The lowest BCUT2D eigenvalue weighted by atomic mass is 10.2. The number of carbonyl (C=O) groups excluding carboxylic acids is 1. The summed E-state index contributed by atoms with van der Waals surface area (Å²) in [4.78, 5) is 13.6. The Balaban J connectivity index is 1.53. The van der Waals surface area contributed by atoms with Gasteiger partial charge in [-0.3, -0.25) is 4.79 Å². The molecule has 1 saturated heterocycles. The summed E-state index contributed by atoms with van der Waals surface area (Å²) in [6.45, 7) is 3.81. The molecule has 152 valence electrons. The molecule has 1 aliphatic rings. The van der Waals surface area contributed by atoms with Gasteiger partial charge in [0.05, 0.1) is 43.6 Å². The van der Waals surface area contributed by atoms with E-state index in [1.54, 1.807) is 24.3 Å². The molecule has 8 heteroatoms. The molecule has 1 amide bonds. The van der Waals surface area contributed by atoms with E-state index in [1.807, 2.05) is 43.3 Å². The quantitative estimate of drug-likeness (QED) is 0.726. The van der Waals surface area contributed by atoms with E-state index in [0.29, 0.717) is 37.4 Å². The third kappa shape index (κ3) is 5.41. The zero-order chi connectivity index (χ0) is 20.9. The van der Waals surface area contributed by atoms with E-state index in [1.165, 1.54) is 4.31 Å². The Bertz CT molecular complexity index is 977. The topological polar surface area (TPSA) is 94.7 Å². The Hall–Kier alpha value is -2.73. The number of rotatable bonds is 6. The van der Waals surface area contributed by atoms with Crippen LogP contribution in [0.1, 0.15) is 18.1 Å². The molecule has 1 aliphatic heterocycles. The summed E-state index contributed by atoms with van der Waals surface area (Å²) < 4.78 is 26.9. The number of hydrogen-bond donors (Lipinski definition) is 2. The van der Waals surface area contributed by atoms with Gasteiger partial charge >= 0.3 is 0 Å². The Morgan fingerprint density at radius 1 is 1.14 bits per heavy atom. The SMILES string of the molecule is C[C@H](C(=O)Nc1ccc(C#N)cc1)[NH+]1CCN(S(=O)(=O)Cc2ccccc2)CC1. The molecule has 2 aromatic rings. The summed E-state index contributed by atoms with van der Waals surface area (Å²) >= 11 is 0. The Kier molecular flexibility index (Phi) is 6.64. The van der Waals surface area contributed by atoms with Crippen LogP contribution >= 0.6 is 0 Å². The van der Waals surface area contributed by atoms with Crippen LogP contribution in [0, 0.1) is 11.3 Å². The van der Waals surface area contributed by atoms with Gasteiger partial charge in [0.1, 0.15) is 0 Å². The molecule has 0 radical (unpaired) electrons. The van der Waals surface area contributed by atoms with Gasteiger partial charge in [-0.2, -0.15) is 9.57 Å². The van der Waals surface area contributed by atoms with E-state index in [2.05, 4.69) is 5.32 Å². The fourth-order valence-corrected chi connectivity index (χ4v) is 4.96. The highest BCUT2D eigenvalue weighted by Gasteiger charge is 2.33. The number of anilines is 1. The molecular weight excluding hydrogens is 388 g/mol. The van der Waals surface area contributed by atoms with Crippen molar-refractivity contribution in [3.63, 3.8) is 0 Å². The number of piperazine rings is 1. The van der Waals surface area contributed by atoms with Gasteiger partial charge in [-0.15, -0.1) is 0 Å². The first-order chi connectivity index (χ1) is 13.9. The highest BCUT2D eigenvalue weighted by atomic mass is 32.2. The Morgan fingerprint density at radius 3 is 2.34 bits per heavy atom. The second-order valence-corrected chi connectivity index (χ2v) is 9.17. The van der Waals surface area contributed by atoms with Crippen LogP contribution in [0.5, 0.6) is 0 Å². The van der Waals surface area contributed by atoms with Crippen molar-refractivity contribution in [2.45, 2.75) is 18.7 Å². The maximum atomic E-state index is 12.7. The molecule has 3 rings (SSSR count). The van der Waals surface area contributed by atoms with Crippen molar-refractivity contribution in [1.82, 2.24) is 4.31 Å². The molecule has 2 N–H and O–H groups in total. The van der Waals surface area contributed by atoms with Crippen LogP contribution in [-0.4, -0.2) is 50.9 Å². The summed E-state index contributed by atoms with van der Waals surface area (Å²) in [5.41, 5.74) is 1.95. The van der Waals surface area contributed by atoms with Crippen molar-refractivity contribution in [1.29, 1.82) is 5.26 Å². The fraction of sp³-hybridized carbons (Fsp3) is 0.333. The Labute approximate surface area is 171 Å². The van der Waals surface area contributed by atoms with E-state index < -0.39 is 10.0 Å². The lowest BCUT2D eigenvalue weighted by molar-refractivity contribution is -0.917. The van der Waals surface area contributed by atoms with Crippen molar-refractivity contribution in [3.8, 4) is 6.07 Å². The molecule has 1 heterocycles. The van der Waals surface area contributed by atoms with Crippen molar-refractivity contribution < 1.29 is 18.1 Å². The zero-order valence-electron chi connectivity index (χ0n) is 16.3. The number of nitrogens with one attached hydrogen (secondary N) is 2. The van der Waals surface area contributed by atoms with Crippen LogP contribution < -0.4 is 10.2 Å². The Morgan fingerprint density at radius 2 is 1.76 bits per heavy atom. The summed E-state index contributed by atoms with van der Waals surface area (Å²) in [6, 6.07) is 17.6. The second-order valence-electron chi connectivity index (χ2n) is 7.20. The first-order valence-electron chi connectivity index (χ1n) is 9.56. The van der Waals surface area contributed by atoms with Crippen molar-refractivity contribution >= 4 is 21.6 Å². The summed E-state index contributed by atoms with van der Waals surface area (Å²) in [5.74, 6) is -0.122. The van der Waals surface area contributed by atoms with Crippen LogP contribution in [0.2, 0.25) is 0 Å². The van der Waals surface area contributed by atoms with Gasteiger partial charge in [0, 0.05) is 5.69 Å². The van der Waals surface area contributed by atoms with Gasteiger partial charge in [-0.25, -0.2) is 8.42 Å².